The zero-order chi connectivity index (χ0) is 15.4. The van der Waals surface area contributed by atoms with Crippen molar-refractivity contribution in [3.8, 4) is 0 Å². The Morgan fingerprint density at radius 1 is 1.33 bits per heavy atom. The number of unbranched alkanes of at least 4 members (excludes halogenated alkanes) is 1. The minimum atomic E-state index is -0.975. The molecule has 0 saturated carbocycles. The maximum Gasteiger partial charge on any atom is 0.307 e. The van der Waals surface area contributed by atoms with Crippen molar-refractivity contribution in [1.29, 1.82) is 0 Å². The number of carboxylic acids is 1. The molecule has 2 unspecified atom stereocenters. The first-order chi connectivity index (χ1) is 10.1. The van der Waals surface area contributed by atoms with Crippen LogP contribution in [-0.4, -0.2) is 22.0 Å². The van der Waals surface area contributed by atoms with Crippen molar-refractivity contribution in [2.75, 3.05) is 0 Å². The number of para-hydroxylation sites is 1. The van der Waals surface area contributed by atoms with E-state index in [1.807, 2.05) is 31.2 Å². The Morgan fingerprint density at radius 3 is 2.67 bits per heavy atom. The second-order valence-electron chi connectivity index (χ2n) is 5.26. The van der Waals surface area contributed by atoms with Crippen molar-refractivity contribution in [1.82, 2.24) is 4.98 Å². The van der Waals surface area contributed by atoms with Crippen LogP contribution in [0.5, 0.6) is 0 Å². The van der Waals surface area contributed by atoms with E-state index in [0.29, 0.717) is 12.0 Å². The molecule has 4 N–H and O–H groups in total. The van der Waals surface area contributed by atoms with Crippen LogP contribution in [0, 0.1) is 5.92 Å². The number of nitrogens with two attached hydrogens (primary N) is 1. The maximum absolute atomic E-state index is 11.9. The zero-order valence-electron chi connectivity index (χ0n) is 12.0. The van der Waals surface area contributed by atoms with Gasteiger partial charge in [0.15, 0.2) is 0 Å². The van der Waals surface area contributed by atoms with Gasteiger partial charge in [-0.1, -0.05) is 38.0 Å². The second kappa shape index (κ2) is 6.43. The van der Waals surface area contributed by atoms with Gasteiger partial charge < -0.3 is 15.8 Å². The number of fused-ring (bicyclic) bond motifs is 1. The van der Waals surface area contributed by atoms with Gasteiger partial charge in [-0.25, -0.2) is 0 Å². The molecule has 0 radical (unpaired) electrons. The summed E-state index contributed by atoms with van der Waals surface area (Å²) < 4.78 is 0. The first kappa shape index (κ1) is 15.1. The number of amides is 1. The van der Waals surface area contributed by atoms with E-state index in [2.05, 4.69) is 4.98 Å². The number of carbonyl (C=O) groups is 2. The molecule has 5 nitrogen and oxygen atoms in total. The van der Waals surface area contributed by atoms with Crippen LogP contribution < -0.4 is 5.73 Å². The molecule has 21 heavy (non-hydrogen) atoms. The highest BCUT2D eigenvalue weighted by molar-refractivity contribution is 5.94. The van der Waals surface area contributed by atoms with E-state index < -0.39 is 23.7 Å². The number of aliphatic carboxylic acids is 1. The van der Waals surface area contributed by atoms with Gasteiger partial charge in [0.2, 0.25) is 5.91 Å². The third kappa shape index (κ3) is 3.07. The molecule has 0 spiro atoms. The van der Waals surface area contributed by atoms with Crippen LogP contribution in [0.3, 0.4) is 0 Å². The maximum atomic E-state index is 11.9. The number of hydrogen-bond acceptors (Lipinski definition) is 2. The van der Waals surface area contributed by atoms with Crippen LogP contribution in [0.25, 0.3) is 10.9 Å². The number of aromatic amines is 1. The van der Waals surface area contributed by atoms with E-state index in [9.17, 15) is 14.7 Å². The number of benzene rings is 1. The summed E-state index contributed by atoms with van der Waals surface area (Å²) in [5, 5.41) is 10.3. The SMILES string of the molecule is CCCCC(C(=O)O)C(C(N)=O)c1c[nH]c2ccccc12. The lowest BCUT2D eigenvalue weighted by molar-refractivity contribution is -0.145. The highest BCUT2D eigenvalue weighted by atomic mass is 16.4. The Balaban J connectivity index is 2.46. The summed E-state index contributed by atoms with van der Waals surface area (Å²) in [6.07, 6.45) is 3.77. The fourth-order valence-electron chi connectivity index (χ4n) is 2.78. The standard InChI is InChI=1S/C16H20N2O3/c1-2-3-6-11(16(20)21)14(15(17)19)12-9-18-13-8-5-4-7-10(12)13/h4-5,7-9,11,14,18H,2-3,6H2,1H3,(H2,17,19)(H,20,21). The first-order valence-corrected chi connectivity index (χ1v) is 7.14. The largest absolute Gasteiger partial charge is 0.481 e. The summed E-state index contributed by atoms with van der Waals surface area (Å²) in [7, 11) is 0. The molecule has 2 aromatic rings. The van der Waals surface area contributed by atoms with Gasteiger partial charge in [-0.3, -0.25) is 9.59 Å². The summed E-state index contributed by atoms with van der Waals surface area (Å²) in [5.74, 6) is -3.17. The second-order valence-corrected chi connectivity index (χ2v) is 5.26. The number of aromatic nitrogens is 1. The van der Waals surface area contributed by atoms with Crippen LogP contribution in [0.1, 0.15) is 37.7 Å². The van der Waals surface area contributed by atoms with Crippen LogP contribution >= 0.6 is 0 Å². The molecule has 2 rings (SSSR count). The molecule has 1 amide bonds. The van der Waals surface area contributed by atoms with Crippen molar-refractivity contribution < 1.29 is 14.7 Å². The van der Waals surface area contributed by atoms with E-state index in [4.69, 9.17) is 5.73 Å². The number of carboxylic acid groups (broad SMARTS) is 1. The molecular weight excluding hydrogens is 268 g/mol. The average molecular weight is 288 g/mol. The van der Waals surface area contributed by atoms with E-state index in [1.165, 1.54) is 0 Å². The highest BCUT2D eigenvalue weighted by Gasteiger charge is 2.34. The number of H-pyrrole nitrogens is 1. The highest BCUT2D eigenvalue weighted by Crippen LogP contribution is 2.33. The van der Waals surface area contributed by atoms with Gasteiger partial charge in [-0.2, -0.15) is 0 Å². The molecule has 1 aromatic carbocycles. The molecule has 0 saturated heterocycles. The van der Waals surface area contributed by atoms with Gasteiger partial charge in [0.1, 0.15) is 0 Å². The fraction of sp³-hybridized carbons (Fsp3) is 0.375. The van der Waals surface area contributed by atoms with E-state index in [1.54, 1.807) is 6.20 Å². The Bertz CT molecular complexity index is 648. The lowest BCUT2D eigenvalue weighted by Gasteiger charge is -2.21. The molecule has 0 bridgehead atoms. The summed E-state index contributed by atoms with van der Waals surface area (Å²) in [4.78, 5) is 26.5. The Hall–Kier alpha value is -2.30. The number of nitrogens with one attached hydrogen (secondary N) is 1. The van der Waals surface area contributed by atoms with Crippen LogP contribution in [0.4, 0.5) is 0 Å². The third-order valence-corrected chi connectivity index (χ3v) is 3.85. The number of hydrogen-bond donors (Lipinski definition) is 3. The molecule has 1 aromatic heterocycles. The summed E-state index contributed by atoms with van der Waals surface area (Å²) in [6, 6.07) is 7.50. The predicted octanol–water partition coefficient (Wildman–Crippen LogP) is 2.63. The van der Waals surface area contributed by atoms with Crippen molar-refractivity contribution in [2.45, 2.75) is 32.1 Å². The normalized spacial score (nSPS) is 14.0. The predicted molar refractivity (Wildman–Crippen MR) is 80.9 cm³/mol. The molecule has 0 aliphatic heterocycles. The quantitative estimate of drug-likeness (QED) is 0.730. The van der Waals surface area contributed by atoms with Crippen molar-refractivity contribution in [2.24, 2.45) is 11.7 Å². The Kier molecular flexibility index (Phi) is 4.62. The molecule has 2 atom stereocenters. The fourth-order valence-corrected chi connectivity index (χ4v) is 2.78. The summed E-state index contributed by atoms with van der Waals surface area (Å²) >= 11 is 0. The topological polar surface area (TPSA) is 96.2 Å². The van der Waals surface area contributed by atoms with Crippen molar-refractivity contribution >= 4 is 22.8 Å². The Labute approximate surface area is 123 Å². The number of carbonyl (C=O) groups excluding carboxylic acids is 1. The molecule has 0 aliphatic rings. The van der Waals surface area contributed by atoms with Crippen molar-refractivity contribution in [3.05, 3.63) is 36.0 Å². The first-order valence-electron chi connectivity index (χ1n) is 7.14. The third-order valence-electron chi connectivity index (χ3n) is 3.85. The minimum absolute atomic E-state index is 0.443. The summed E-state index contributed by atoms with van der Waals surface area (Å²) in [5.41, 5.74) is 7.05. The van der Waals surface area contributed by atoms with Crippen LogP contribution in [0.15, 0.2) is 30.5 Å². The number of rotatable bonds is 7. The van der Waals surface area contributed by atoms with Gasteiger partial charge >= 0.3 is 5.97 Å². The average Bonchev–Trinajstić information content (AvgIpc) is 2.86. The van der Waals surface area contributed by atoms with E-state index >= 15 is 0 Å². The van der Waals surface area contributed by atoms with Gasteiger partial charge in [0.25, 0.3) is 0 Å². The van der Waals surface area contributed by atoms with Gasteiger partial charge in [-0.15, -0.1) is 0 Å². The molecular formula is C16H20N2O3. The lowest BCUT2D eigenvalue weighted by Crippen LogP contribution is -2.32. The van der Waals surface area contributed by atoms with Crippen LogP contribution in [0.2, 0.25) is 0 Å². The van der Waals surface area contributed by atoms with E-state index in [-0.39, 0.29) is 0 Å². The lowest BCUT2D eigenvalue weighted by atomic mass is 9.82. The molecule has 0 fully saturated rings. The number of primary amides is 1. The smallest absolute Gasteiger partial charge is 0.307 e. The molecule has 1 heterocycles. The summed E-state index contributed by atoms with van der Waals surface area (Å²) in [6.45, 7) is 1.99. The monoisotopic (exact) mass is 288 g/mol. The van der Waals surface area contributed by atoms with Crippen molar-refractivity contribution in [3.63, 3.8) is 0 Å². The Morgan fingerprint density at radius 2 is 2.05 bits per heavy atom. The molecule has 0 aliphatic carbocycles. The molecule has 5 heteroatoms. The van der Waals surface area contributed by atoms with Gasteiger partial charge in [0.05, 0.1) is 11.8 Å². The van der Waals surface area contributed by atoms with Gasteiger partial charge in [-0.05, 0) is 18.1 Å². The van der Waals surface area contributed by atoms with Gasteiger partial charge in [0, 0.05) is 17.1 Å². The molecule has 112 valence electrons. The zero-order valence-corrected chi connectivity index (χ0v) is 12.0. The van der Waals surface area contributed by atoms with Crippen LogP contribution in [-0.2, 0) is 9.59 Å². The van der Waals surface area contributed by atoms with E-state index in [0.717, 1.165) is 23.7 Å². The minimum Gasteiger partial charge on any atom is -0.481 e.